The molecule has 0 fully saturated rings. The van der Waals surface area contributed by atoms with Gasteiger partial charge in [0.15, 0.2) is 6.10 Å². The molecule has 10 nitrogen and oxygen atoms in total. The molecule has 1 heterocycles. The monoisotopic (exact) mass is 415 g/mol. The number of hydrogen-bond acceptors (Lipinski definition) is 7. The van der Waals surface area contributed by atoms with Gasteiger partial charge in [0.2, 0.25) is 5.91 Å². The fourth-order valence-corrected chi connectivity index (χ4v) is 2.39. The van der Waals surface area contributed by atoms with Crippen molar-refractivity contribution in [3.63, 3.8) is 0 Å². The molecule has 0 spiro atoms. The normalized spacial score (nSPS) is 11.7. The number of nitrogens with zero attached hydrogens (tertiary/aromatic N) is 2. The van der Waals surface area contributed by atoms with Crippen molar-refractivity contribution in [3.05, 3.63) is 63.9 Å². The van der Waals surface area contributed by atoms with Gasteiger partial charge in [0.05, 0.1) is 12.6 Å². The molecule has 0 aliphatic carbocycles. The summed E-state index contributed by atoms with van der Waals surface area (Å²) in [7, 11) is 1.42. The predicted molar refractivity (Wildman–Crippen MR) is 107 cm³/mol. The fraction of sp³-hybridized carbons (Fsp3) is 0.250. The summed E-state index contributed by atoms with van der Waals surface area (Å²) in [4.78, 5) is 47.2. The quantitative estimate of drug-likeness (QED) is 0.303. The van der Waals surface area contributed by atoms with Crippen LogP contribution in [0.2, 0.25) is 0 Å². The van der Waals surface area contributed by atoms with Crippen molar-refractivity contribution in [3.8, 4) is 0 Å². The Kier molecular flexibility index (Phi) is 7.45. The van der Waals surface area contributed by atoms with Crippen molar-refractivity contribution < 1.29 is 28.5 Å². The number of rotatable bonds is 8. The van der Waals surface area contributed by atoms with Crippen molar-refractivity contribution in [1.82, 2.24) is 4.90 Å². The lowest BCUT2D eigenvalue weighted by Crippen LogP contribution is -2.41. The smallest absolute Gasteiger partial charge is 0.433 e. The Morgan fingerprint density at radius 3 is 2.50 bits per heavy atom. The number of anilines is 1. The van der Waals surface area contributed by atoms with Gasteiger partial charge in [-0.15, -0.1) is 0 Å². The number of nitrogens with one attached hydrogen (secondary N) is 1. The van der Waals surface area contributed by atoms with Crippen LogP contribution in [0.15, 0.2) is 46.9 Å². The molecule has 0 aliphatic heterocycles. The van der Waals surface area contributed by atoms with Crippen molar-refractivity contribution in [2.45, 2.75) is 20.0 Å². The number of amides is 2. The molecule has 0 aliphatic rings. The van der Waals surface area contributed by atoms with Gasteiger partial charge in [-0.25, -0.2) is 4.79 Å². The number of aryl methyl sites for hydroxylation is 1. The molecule has 1 aromatic carbocycles. The maximum atomic E-state index is 12.3. The largest absolute Gasteiger partial charge is 0.449 e. The molecule has 0 saturated carbocycles. The minimum absolute atomic E-state index is 0.0857. The van der Waals surface area contributed by atoms with Gasteiger partial charge in [-0.2, -0.15) is 0 Å². The highest BCUT2D eigenvalue weighted by Gasteiger charge is 2.22. The maximum absolute atomic E-state index is 12.3. The van der Waals surface area contributed by atoms with Crippen LogP contribution in [0.1, 0.15) is 18.2 Å². The van der Waals surface area contributed by atoms with Crippen LogP contribution < -0.4 is 5.32 Å². The van der Waals surface area contributed by atoms with Crippen LogP contribution in [0, 0.1) is 17.0 Å². The lowest BCUT2D eigenvalue weighted by Gasteiger charge is -2.20. The Morgan fingerprint density at radius 2 is 1.90 bits per heavy atom. The van der Waals surface area contributed by atoms with Gasteiger partial charge >= 0.3 is 11.9 Å². The summed E-state index contributed by atoms with van der Waals surface area (Å²) >= 11 is 0. The summed E-state index contributed by atoms with van der Waals surface area (Å²) in [6, 6.07) is 9.66. The average molecular weight is 415 g/mol. The Hall–Kier alpha value is -3.95. The highest BCUT2D eigenvalue weighted by molar-refractivity contribution is 5.95. The number of benzene rings is 1. The zero-order valence-corrected chi connectivity index (χ0v) is 16.7. The van der Waals surface area contributed by atoms with Crippen LogP contribution in [0.25, 0.3) is 6.08 Å². The zero-order valence-electron chi connectivity index (χ0n) is 16.7. The number of furan rings is 1. The van der Waals surface area contributed by atoms with E-state index in [1.54, 1.807) is 12.1 Å². The number of likely N-dealkylation sites (N-methyl/N-ethyl adjacent to an activating group) is 1. The summed E-state index contributed by atoms with van der Waals surface area (Å²) in [5.41, 5.74) is 1.66. The number of nitro groups is 1. The second kappa shape index (κ2) is 10.0. The third-order valence-corrected chi connectivity index (χ3v) is 3.91. The van der Waals surface area contributed by atoms with Gasteiger partial charge in [0.25, 0.3) is 5.91 Å². The van der Waals surface area contributed by atoms with Crippen LogP contribution in [0.4, 0.5) is 11.6 Å². The first-order valence-corrected chi connectivity index (χ1v) is 8.90. The van der Waals surface area contributed by atoms with Crippen LogP contribution in [-0.4, -0.2) is 47.3 Å². The van der Waals surface area contributed by atoms with E-state index in [4.69, 9.17) is 9.15 Å². The van der Waals surface area contributed by atoms with Gasteiger partial charge in [-0.3, -0.25) is 19.7 Å². The van der Waals surface area contributed by atoms with E-state index in [9.17, 15) is 24.5 Å². The predicted octanol–water partition coefficient (Wildman–Crippen LogP) is 2.54. The molecule has 2 aromatic rings. The average Bonchev–Trinajstić information content (AvgIpc) is 3.17. The van der Waals surface area contributed by atoms with Crippen LogP contribution in [0.3, 0.4) is 0 Å². The van der Waals surface area contributed by atoms with E-state index in [1.807, 2.05) is 19.1 Å². The number of ether oxygens (including phenoxy) is 1. The molecule has 1 atom stereocenters. The first kappa shape index (κ1) is 22.3. The van der Waals surface area contributed by atoms with Crippen molar-refractivity contribution in [1.29, 1.82) is 0 Å². The molecule has 10 heteroatoms. The molecular formula is C20H21N3O7. The summed E-state index contributed by atoms with van der Waals surface area (Å²) in [6.45, 7) is 3.08. The van der Waals surface area contributed by atoms with E-state index in [0.717, 1.165) is 22.6 Å². The molecule has 2 rings (SSSR count). The SMILES string of the molecule is Cc1ccc(NC(=O)CN(C)C(=O)[C@H](C)OC(=O)/C=C/c2ccc([N+](=O)[O-])o2)cc1. The van der Waals surface area contributed by atoms with E-state index in [-0.39, 0.29) is 12.3 Å². The zero-order chi connectivity index (χ0) is 22.3. The van der Waals surface area contributed by atoms with Gasteiger partial charge in [-0.1, -0.05) is 17.7 Å². The summed E-state index contributed by atoms with van der Waals surface area (Å²) in [5.74, 6) is -2.18. The van der Waals surface area contributed by atoms with Crippen LogP contribution >= 0.6 is 0 Å². The molecule has 1 N–H and O–H groups in total. The molecule has 2 amide bonds. The molecule has 0 saturated heterocycles. The number of carbonyl (C=O) groups excluding carboxylic acids is 3. The standard InChI is InChI=1S/C20H21N3O7/c1-13-4-6-15(7-5-13)21-17(24)12-22(3)20(26)14(2)29-19(25)11-9-16-8-10-18(30-16)23(27)28/h4-11,14H,12H2,1-3H3,(H,21,24)/b11-9+/t14-/m0/s1. The highest BCUT2D eigenvalue weighted by Crippen LogP contribution is 2.16. The first-order chi connectivity index (χ1) is 14.2. The van der Waals surface area contributed by atoms with E-state index in [1.165, 1.54) is 26.1 Å². The minimum Gasteiger partial charge on any atom is -0.449 e. The molecular weight excluding hydrogens is 394 g/mol. The van der Waals surface area contributed by atoms with Gasteiger partial charge < -0.3 is 19.4 Å². The second-order valence-corrected chi connectivity index (χ2v) is 6.45. The molecule has 30 heavy (non-hydrogen) atoms. The van der Waals surface area contributed by atoms with E-state index < -0.39 is 34.7 Å². The minimum atomic E-state index is -1.13. The first-order valence-electron chi connectivity index (χ1n) is 8.90. The van der Waals surface area contributed by atoms with Gasteiger partial charge in [0.1, 0.15) is 10.7 Å². The lowest BCUT2D eigenvalue weighted by molar-refractivity contribution is -0.402. The Bertz CT molecular complexity index is 963. The van der Waals surface area contributed by atoms with Crippen molar-refractivity contribution in [2.75, 3.05) is 18.9 Å². The molecule has 0 unspecified atom stereocenters. The molecule has 158 valence electrons. The molecule has 1 aromatic heterocycles. The lowest BCUT2D eigenvalue weighted by atomic mass is 10.2. The Morgan fingerprint density at radius 1 is 1.23 bits per heavy atom. The maximum Gasteiger partial charge on any atom is 0.433 e. The molecule has 0 bridgehead atoms. The van der Waals surface area contributed by atoms with Crippen molar-refractivity contribution >= 4 is 35.4 Å². The van der Waals surface area contributed by atoms with Crippen LogP contribution in [0.5, 0.6) is 0 Å². The third-order valence-electron chi connectivity index (χ3n) is 3.91. The van der Waals surface area contributed by atoms with Gasteiger partial charge in [-0.05, 0) is 38.1 Å². The number of hydrogen-bond donors (Lipinski definition) is 1. The Labute approximate surface area is 172 Å². The fourth-order valence-electron chi connectivity index (χ4n) is 2.39. The summed E-state index contributed by atoms with van der Waals surface area (Å²) < 4.78 is 9.87. The van der Waals surface area contributed by atoms with Gasteiger partial charge in [0, 0.05) is 18.8 Å². The summed E-state index contributed by atoms with van der Waals surface area (Å²) in [6.07, 6.45) is 1.03. The van der Waals surface area contributed by atoms with E-state index >= 15 is 0 Å². The van der Waals surface area contributed by atoms with Crippen LogP contribution in [-0.2, 0) is 19.1 Å². The molecule has 0 radical (unpaired) electrons. The topological polar surface area (TPSA) is 132 Å². The second-order valence-electron chi connectivity index (χ2n) is 6.45. The van der Waals surface area contributed by atoms with Crippen molar-refractivity contribution in [2.24, 2.45) is 0 Å². The number of carbonyl (C=O) groups is 3. The van der Waals surface area contributed by atoms with E-state index in [0.29, 0.717) is 5.69 Å². The summed E-state index contributed by atoms with van der Waals surface area (Å²) in [5, 5.41) is 13.2. The number of esters is 1. The van der Waals surface area contributed by atoms with E-state index in [2.05, 4.69) is 5.32 Å². The highest BCUT2D eigenvalue weighted by atomic mass is 16.6. The third kappa shape index (κ3) is 6.59. The Balaban J connectivity index is 1.83.